The normalized spacial score (nSPS) is 18.5. The number of aromatic nitrogens is 3. The SMILES string of the molecule is C[C@@]1(NC(=O)OCc2ccccc2)CCCC(Nc2ncc(Cl)c(-c3cn(S(=O)(=O)c4ccccc4)c4ccccc34)n2)C1. The van der Waals surface area contributed by atoms with Crippen molar-refractivity contribution >= 4 is 44.6 Å². The molecule has 1 saturated carbocycles. The Morgan fingerprint density at radius 1 is 1.05 bits per heavy atom. The van der Waals surface area contributed by atoms with Gasteiger partial charge in [0.05, 0.1) is 27.3 Å². The van der Waals surface area contributed by atoms with Gasteiger partial charge in [-0.1, -0.05) is 78.3 Å². The molecule has 1 unspecified atom stereocenters. The molecule has 9 nitrogen and oxygen atoms in total. The molecule has 1 fully saturated rings. The number of benzene rings is 3. The topological polar surface area (TPSA) is 115 Å². The van der Waals surface area contributed by atoms with E-state index in [0.717, 1.165) is 24.8 Å². The Labute approximate surface area is 261 Å². The zero-order chi connectivity index (χ0) is 30.7. The number of fused-ring (bicyclic) bond motifs is 1. The molecule has 0 spiro atoms. The first-order valence-electron chi connectivity index (χ1n) is 14.4. The van der Waals surface area contributed by atoms with E-state index < -0.39 is 21.7 Å². The van der Waals surface area contributed by atoms with E-state index in [4.69, 9.17) is 21.3 Å². The zero-order valence-electron chi connectivity index (χ0n) is 24.1. The minimum absolute atomic E-state index is 0.0167. The highest BCUT2D eigenvalue weighted by Crippen LogP contribution is 2.36. The van der Waals surface area contributed by atoms with Crippen LogP contribution >= 0.6 is 11.6 Å². The Hall–Kier alpha value is -4.41. The van der Waals surface area contributed by atoms with Crippen molar-refractivity contribution in [2.75, 3.05) is 5.32 Å². The van der Waals surface area contributed by atoms with Gasteiger partial charge in [0.15, 0.2) is 0 Å². The molecule has 226 valence electrons. The van der Waals surface area contributed by atoms with Crippen LogP contribution in [0.25, 0.3) is 22.2 Å². The maximum Gasteiger partial charge on any atom is 0.407 e. The number of hydrogen-bond donors (Lipinski definition) is 2. The zero-order valence-corrected chi connectivity index (χ0v) is 25.7. The molecule has 3 aromatic carbocycles. The molecule has 2 aromatic heterocycles. The molecule has 0 saturated heterocycles. The van der Waals surface area contributed by atoms with Crippen LogP contribution in [0, 0.1) is 0 Å². The van der Waals surface area contributed by atoms with E-state index in [1.807, 2.05) is 49.4 Å². The Morgan fingerprint density at radius 3 is 2.52 bits per heavy atom. The molecule has 2 atom stereocenters. The number of ether oxygens (including phenoxy) is 1. The van der Waals surface area contributed by atoms with Gasteiger partial charge in [-0.25, -0.2) is 27.2 Å². The van der Waals surface area contributed by atoms with E-state index in [2.05, 4.69) is 15.6 Å². The van der Waals surface area contributed by atoms with Crippen LogP contribution < -0.4 is 10.6 Å². The van der Waals surface area contributed by atoms with Crippen molar-refractivity contribution in [3.05, 3.63) is 108 Å². The fourth-order valence-corrected chi connectivity index (χ4v) is 7.36. The number of rotatable bonds is 8. The lowest BCUT2D eigenvalue weighted by molar-refractivity contribution is 0.120. The Kier molecular flexibility index (Phi) is 8.29. The summed E-state index contributed by atoms with van der Waals surface area (Å²) in [6.45, 7) is 2.22. The van der Waals surface area contributed by atoms with Crippen LogP contribution in [0.4, 0.5) is 10.7 Å². The summed E-state index contributed by atoms with van der Waals surface area (Å²) < 4.78 is 33.9. The molecule has 2 heterocycles. The molecule has 1 aliphatic rings. The number of alkyl carbamates (subject to hydrolysis) is 1. The summed E-state index contributed by atoms with van der Waals surface area (Å²) in [7, 11) is -3.87. The second-order valence-electron chi connectivity index (χ2n) is 11.2. The third kappa shape index (κ3) is 6.27. The van der Waals surface area contributed by atoms with Gasteiger partial charge in [-0.3, -0.25) is 0 Å². The summed E-state index contributed by atoms with van der Waals surface area (Å²) in [5.41, 5.74) is 1.96. The summed E-state index contributed by atoms with van der Waals surface area (Å²) in [5, 5.41) is 7.47. The largest absolute Gasteiger partial charge is 0.445 e. The van der Waals surface area contributed by atoms with Gasteiger partial charge >= 0.3 is 6.09 Å². The van der Waals surface area contributed by atoms with Gasteiger partial charge in [0.2, 0.25) is 5.95 Å². The highest BCUT2D eigenvalue weighted by atomic mass is 35.5. The Morgan fingerprint density at radius 2 is 1.75 bits per heavy atom. The summed E-state index contributed by atoms with van der Waals surface area (Å²) in [6, 6.07) is 25.1. The van der Waals surface area contributed by atoms with Gasteiger partial charge in [-0.2, -0.15) is 0 Å². The number of nitrogens with one attached hydrogen (secondary N) is 2. The van der Waals surface area contributed by atoms with Crippen LogP contribution in [0.2, 0.25) is 5.02 Å². The van der Waals surface area contributed by atoms with Crippen LogP contribution in [0.15, 0.2) is 102 Å². The maximum absolute atomic E-state index is 13.6. The quantitative estimate of drug-likeness (QED) is 0.189. The molecule has 0 radical (unpaired) electrons. The van der Waals surface area contributed by atoms with Gasteiger partial charge in [-0.05, 0) is 56.4 Å². The average molecular weight is 630 g/mol. The lowest BCUT2D eigenvalue weighted by Gasteiger charge is -2.38. The number of halogens is 1. The van der Waals surface area contributed by atoms with Gasteiger partial charge in [0.25, 0.3) is 10.0 Å². The molecule has 0 aliphatic heterocycles. The monoisotopic (exact) mass is 629 g/mol. The first-order chi connectivity index (χ1) is 21.2. The van der Waals surface area contributed by atoms with Crippen LogP contribution in [0.1, 0.15) is 38.2 Å². The van der Waals surface area contributed by atoms with Crippen molar-refractivity contribution in [1.82, 2.24) is 19.3 Å². The fraction of sp³-hybridized carbons (Fsp3) is 0.242. The van der Waals surface area contributed by atoms with E-state index >= 15 is 0 Å². The lowest BCUT2D eigenvalue weighted by Crippen LogP contribution is -2.51. The first kappa shape index (κ1) is 29.7. The third-order valence-electron chi connectivity index (χ3n) is 7.91. The van der Waals surface area contributed by atoms with Crippen molar-refractivity contribution in [1.29, 1.82) is 0 Å². The molecule has 44 heavy (non-hydrogen) atoms. The Bertz CT molecular complexity index is 1900. The smallest absolute Gasteiger partial charge is 0.407 e. The van der Waals surface area contributed by atoms with Crippen molar-refractivity contribution in [3.8, 4) is 11.3 Å². The van der Waals surface area contributed by atoms with Crippen LogP contribution in [0.5, 0.6) is 0 Å². The standard InChI is InChI=1S/C33H32ClN5O4S/c1-33(38-32(40)43-22-23-11-4-2-5-12-23)18-10-13-24(19-33)36-31-35-20-28(34)30(37-31)27-21-39(29-17-9-8-16-26(27)29)44(41,42)25-14-6-3-7-15-25/h2-9,11-12,14-17,20-21,24H,10,13,18-19,22H2,1H3,(H,38,40)(H,35,36,37)/t24?,33-/m1/s1. The number of anilines is 1. The number of nitrogens with zero attached hydrogens (tertiary/aromatic N) is 3. The van der Waals surface area contributed by atoms with Gasteiger partial charge in [-0.15, -0.1) is 0 Å². The van der Waals surface area contributed by atoms with Crippen molar-refractivity contribution in [2.45, 2.75) is 55.7 Å². The number of carbonyl (C=O) groups excluding carboxylic acids is 1. The molecule has 2 N–H and O–H groups in total. The third-order valence-corrected chi connectivity index (χ3v) is 9.87. The molecule has 5 aromatic rings. The summed E-state index contributed by atoms with van der Waals surface area (Å²) in [5.74, 6) is 0.369. The predicted octanol–water partition coefficient (Wildman–Crippen LogP) is 7.03. The number of amides is 1. The molecule has 0 bridgehead atoms. The van der Waals surface area contributed by atoms with E-state index in [9.17, 15) is 13.2 Å². The molecule has 1 amide bonds. The highest BCUT2D eigenvalue weighted by Gasteiger charge is 2.34. The van der Waals surface area contributed by atoms with E-state index in [0.29, 0.717) is 39.6 Å². The van der Waals surface area contributed by atoms with Crippen molar-refractivity contribution in [2.24, 2.45) is 0 Å². The van der Waals surface area contributed by atoms with E-state index in [1.54, 1.807) is 48.7 Å². The second kappa shape index (κ2) is 12.3. The summed E-state index contributed by atoms with van der Waals surface area (Å²) >= 11 is 6.62. The molecule has 11 heteroatoms. The molecular weight excluding hydrogens is 598 g/mol. The van der Waals surface area contributed by atoms with Gasteiger partial charge in [0.1, 0.15) is 6.61 Å². The summed E-state index contributed by atoms with van der Waals surface area (Å²) in [6.07, 6.45) is 5.84. The van der Waals surface area contributed by atoms with Gasteiger partial charge < -0.3 is 15.4 Å². The molecular formula is C33H32ClN5O4S. The number of para-hydroxylation sites is 1. The maximum atomic E-state index is 13.6. The number of carbonyl (C=O) groups is 1. The van der Waals surface area contributed by atoms with E-state index in [1.165, 1.54) is 10.2 Å². The van der Waals surface area contributed by atoms with Crippen molar-refractivity contribution < 1.29 is 17.9 Å². The predicted molar refractivity (Wildman–Crippen MR) is 171 cm³/mol. The minimum Gasteiger partial charge on any atom is -0.445 e. The van der Waals surface area contributed by atoms with Crippen molar-refractivity contribution in [3.63, 3.8) is 0 Å². The highest BCUT2D eigenvalue weighted by molar-refractivity contribution is 7.90. The minimum atomic E-state index is -3.87. The van der Waals surface area contributed by atoms with E-state index in [-0.39, 0.29) is 17.5 Å². The second-order valence-corrected chi connectivity index (χ2v) is 13.5. The van der Waals surface area contributed by atoms with Crippen LogP contribution in [0.3, 0.4) is 0 Å². The molecule has 6 rings (SSSR count). The van der Waals surface area contributed by atoms with Crippen LogP contribution in [-0.4, -0.2) is 40.0 Å². The molecule has 1 aliphatic carbocycles. The summed E-state index contributed by atoms with van der Waals surface area (Å²) in [4.78, 5) is 22.0. The van der Waals surface area contributed by atoms with Gasteiger partial charge in [0, 0.05) is 28.7 Å². The fourth-order valence-electron chi connectivity index (χ4n) is 5.78. The Balaban J connectivity index is 1.22. The average Bonchev–Trinajstić information content (AvgIpc) is 3.42. The first-order valence-corrected chi connectivity index (χ1v) is 16.2. The lowest BCUT2D eigenvalue weighted by atomic mass is 9.80. The number of hydrogen-bond acceptors (Lipinski definition) is 7. The van der Waals surface area contributed by atoms with Crippen LogP contribution in [-0.2, 0) is 21.4 Å².